The lowest BCUT2D eigenvalue weighted by Crippen LogP contribution is -2.14. The summed E-state index contributed by atoms with van der Waals surface area (Å²) in [5.74, 6) is 0.376. The van der Waals surface area contributed by atoms with Gasteiger partial charge in [-0.2, -0.15) is 5.26 Å². The quantitative estimate of drug-likeness (QED) is 0.329. The molecule has 4 rings (SSSR count). The van der Waals surface area contributed by atoms with Crippen molar-refractivity contribution in [3.05, 3.63) is 89.3 Å². The lowest BCUT2D eigenvalue weighted by molar-refractivity contribution is -0.121. The van der Waals surface area contributed by atoms with E-state index in [1.807, 2.05) is 78.2 Å². The third-order valence-corrected chi connectivity index (χ3v) is 7.23. The zero-order valence-electron chi connectivity index (χ0n) is 17.8. The fraction of sp³-hybridized carbons (Fsp3) is 0.115. The fourth-order valence-electron chi connectivity index (χ4n) is 3.41. The number of benzene rings is 2. The number of Topliss-reactive ketones (excluding diaryl/α,β-unsaturated/α-hetero) is 1. The molecule has 0 radical (unpaired) electrons. The number of methoxy groups -OCH3 is 1. The molecule has 0 saturated heterocycles. The summed E-state index contributed by atoms with van der Waals surface area (Å²) in [6.45, 7) is -0.593. The Morgan fingerprint density at radius 1 is 1.15 bits per heavy atom. The molecule has 0 aliphatic rings. The van der Waals surface area contributed by atoms with Gasteiger partial charge in [-0.05, 0) is 40.8 Å². The minimum atomic E-state index is -0.682. The molecule has 0 aliphatic heterocycles. The van der Waals surface area contributed by atoms with Gasteiger partial charge in [-0.1, -0.05) is 60.3 Å². The van der Waals surface area contributed by atoms with E-state index in [0.29, 0.717) is 10.6 Å². The number of nitriles is 1. The second kappa shape index (κ2) is 10.5. The van der Waals surface area contributed by atoms with Gasteiger partial charge in [0.15, 0.2) is 5.78 Å². The van der Waals surface area contributed by atoms with Gasteiger partial charge >= 0.3 is 0 Å². The van der Waals surface area contributed by atoms with Gasteiger partial charge in [0.2, 0.25) is 0 Å². The van der Waals surface area contributed by atoms with Gasteiger partial charge in [0.25, 0.3) is 0 Å². The number of aromatic nitrogens is 1. The van der Waals surface area contributed by atoms with Gasteiger partial charge in [0.1, 0.15) is 23.5 Å². The molecular weight excluding hydrogens is 452 g/mol. The predicted molar refractivity (Wildman–Crippen MR) is 131 cm³/mol. The van der Waals surface area contributed by atoms with Gasteiger partial charge in [-0.15, -0.1) is 11.3 Å². The van der Waals surface area contributed by atoms with Gasteiger partial charge in [-0.3, -0.25) is 4.79 Å². The average Bonchev–Trinajstić information content (AvgIpc) is 3.42. The second-order valence-corrected chi connectivity index (χ2v) is 9.13. The number of ether oxygens (including phenoxy) is 1. The van der Waals surface area contributed by atoms with Gasteiger partial charge in [0.05, 0.1) is 28.5 Å². The largest absolute Gasteiger partial charge is 0.497 e. The lowest BCUT2D eigenvalue weighted by Gasteiger charge is -2.17. The van der Waals surface area contributed by atoms with Crippen molar-refractivity contribution in [3.8, 4) is 33.5 Å². The molecule has 0 aliphatic carbocycles. The Morgan fingerprint density at radius 2 is 1.91 bits per heavy atom. The third-order valence-electron chi connectivity index (χ3n) is 5.05. The third kappa shape index (κ3) is 4.99. The Balaban J connectivity index is 1.88. The van der Waals surface area contributed by atoms with Crippen molar-refractivity contribution >= 4 is 28.9 Å². The van der Waals surface area contributed by atoms with Crippen molar-refractivity contribution in [3.63, 3.8) is 0 Å². The van der Waals surface area contributed by atoms with Crippen LogP contribution in [0.2, 0.25) is 0 Å². The van der Waals surface area contributed by atoms with Crippen LogP contribution in [0.3, 0.4) is 0 Å². The van der Waals surface area contributed by atoms with Crippen LogP contribution in [-0.2, 0) is 4.79 Å². The summed E-state index contributed by atoms with van der Waals surface area (Å²) in [6, 6.07) is 24.8. The first-order chi connectivity index (χ1) is 16.1. The summed E-state index contributed by atoms with van der Waals surface area (Å²) in [7, 11) is 1.60. The number of aliphatic hydroxyl groups is 1. The number of ketones is 1. The molecule has 1 unspecified atom stereocenters. The van der Waals surface area contributed by atoms with E-state index in [2.05, 4.69) is 6.07 Å². The van der Waals surface area contributed by atoms with Crippen molar-refractivity contribution in [2.45, 2.75) is 10.3 Å². The molecule has 164 valence electrons. The molecule has 1 atom stereocenters. The molecule has 33 heavy (non-hydrogen) atoms. The number of hydrogen-bond acceptors (Lipinski definition) is 7. The Kier molecular flexibility index (Phi) is 7.20. The number of thioether (sulfide) groups is 1. The number of thiophene rings is 1. The Morgan fingerprint density at radius 3 is 2.52 bits per heavy atom. The van der Waals surface area contributed by atoms with Gasteiger partial charge in [-0.25, -0.2) is 4.98 Å². The zero-order valence-corrected chi connectivity index (χ0v) is 19.4. The molecule has 2 aromatic carbocycles. The van der Waals surface area contributed by atoms with Crippen molar-refractivity contribution in [1.82, 2.24) is 4.98 Å². The van der Waals surface area contributed by atoms with E-state index in [4.69, 9.17) is 9.72 Å². The molecule has 2 heterocycles. The van der Waals surface area contributed by atoms with Crippen LogP contribution in [0.4, 0.5) is 0 Å². The van der Waals surface area contributed by atoms with Crippen LogP contribution in [0.25, 0.3) is 21.7 Å². The maximum Gasteiger partial charge on any atom is 0.175 e. The van der Waals surface area contributed by atoms with Crippen molar-refractivity contribution in [2.24, 2.45) is 0 Å². The standard InChI is InChI=1S/C26H20N2O3S2/c1-31-19-11-9-17(10-12-19)20-14-22(24-8-5-13-32-24)28-26(21(20)15-27)33-25(23(30)16-29)18-6-3-2-4-7-18/h2-14,25,29H,16H2,1H3. The molecule has 0 fully saturated rings. The SMILES string of the molecule is COc1ccc(-c2cc(-c3cccs3)nc(SC(C(=O)CO)c3ccccc3)c2C#N)cc1. The second-order valence-electron chi connectivity index (χ2n) is 7.09. The van der Waals surface area contributed by atoms with E-state index < -0.39 is 11.9 Å². The van der Waals surface area contributed by atoms with Crippen molar-refractivity contribution in [1.29, 1.82) is 5.26 Å². The summed E-state index contributed by atoms with van der Waals surface area (Å²) >= 11 is 2.74. The van der Waals surface area contributed by atoms with Crippen LogP contribution in [0, 0.1) is 11.3 Å². The smallest absolute Gasteiger partial charge is 0.175 e. The summed E-state index contributed by atoms with van der Waals surface area (Å²) in [4.78, 5) is 18.4. The van der Waals surface area contributed by atoms with E-state index in [1.165, 1.54) is 11.8 Å². The monoisotopic (exact) mass is 472 g/mol. The first kappa shape index (κ1) is 22.7. The summed E-state index contributed by atoms with van der Waals surface area (Å²) in [6.07, 6.45) is 0. The molecule has 0 spiro atoms. The molecule has 2 aromatic heterocycles. The summed E-state index contributed by atoms with van der Waals surface area (Å²) in [5, 5.41) is 21.4. The van der Waals surface area contributed by atoms with Gasteiger partial charge in [0, 0.05) is 5.56 Å². The summed E-state index contributed by atoms with van der Waals surface area (Å²) in [5.41, 5.74) is 3.43. The molecule has 5 nitrogen and oxygen atoms in total. The molecular formula is C26H20N2O3S2. The number of hydrogen-bond donors (Lipinski definition) is 1. The van der Waals surface area contributed by atoms with Crippen LogP contribution in [0.15, 0.2) is 83.2 Å². The topological polar surface area (TPSA) is 83.2 Å². The molecule has 0 saturated carbocycles. The first-order valence-corrected chi connectivity index (χ1v) is 11.9. The lowest BCUT2D eigenvalue weighted by atomic mass is 10.0. The number of carbonyl (C=O) groups is 1. The van der Waals surface area contributed by atoms with E-state index in [1.54, 1.807) is 18.4 Å². The first-order valence-electron chi connectivity index (χ1n) is 10.1. The highest BCUT2D eigenvalue weighted by Gasteiger charge is 2.25. The van der Waals surface area contributed by atoms with Crippen molar-refractivity contribution in [2.75, 3.05) is 13.7 Å². The van der Waals surface area contributed by atoms with Crippen LogP contribution >= 0.6 is 23.1 Å². The highest BCUT2D eigenvalue weighted by Crippen LogP contribution is 2.41. The van der Waals surface area contributed by atoms with E-state index in [0.717, 1.165) is 33.0 Å². The van der Waals surface area contributed by atoms with Crippen LogP contribution in [0.1, 0.15) is 16.4 Å². The van der Waals surface area contributed by atoms with E-state index >= 15 is 0 Å². The number of pyridine rings is 1. The number of aliphatic hydroxyl groups excluding tert-OH is 1. The predicted octanol–water partition coefficient (Wildman–Crippen LogP) is 5.75. The Hall–Kier alpha value is -3.44. The Bertz CT molecular complexity index is 1280. The molecule has 1 N–H and O–H groups in total. The molecule has 7 heteroatoms. The van der Waals surface area contributed by atoms with Crippen molar-refractivity contribution < 1.29 is 14.6 Å². The normalized spacial score (nSPS) is 11.5. The maximum absolute atomic E-state index is 12.7. The van der Waals surface area contributed by atoms with Crippen LogP contribution in [0.5, 0.6) is 5.75 Å². The number of rotatable bonds is 8. The minimum absolute atomic E-state index is 0.343. The summed E-state index contributed by atoms with van der Waals surface area (Å²) < 4.78 is 5.27. The highest BCUT2D eigenvalue weighted by atomic mass is 32.2. The fourth-order valence-corrected chi connectivity index (χ4v) is 5.24. The van der Waals surface area contributed by atoms with Crippen LogP contribution in [-0.4, -0.2) is 29.6 Å². The van der Waals surface area contributed by atoms with E-state index in [-0.39, 0.29) is 5.78 Å². The van der Waals surface area contributed by atoms with Gasteiger partial charge < -0.3 is 9.84 Å². The highest BCUT2D eigenvalue weighted by molar-refractivity contribution is 8.00. The van der Waals surface area contributed by atoms with E-state index in [9.17, 15) is 15.2 Å². The molecule has 0 amide bonds. The van der Waals surface area contributed by atoms with Crippen LogP contribution < -0.4 is 4.74 Å². The molecule has 0 bridgehead atoms. The zero-order chi connectivity index (χ0) is 23.2. The number of nitrogens with zero attached hydrogens (tertiary/aromatic N) is 2. The molecule has 4 aromatic rings. The average molecular weight is 473 g/mol. The Labute approximate surface area is 200 Å². The number of carbonyl (C=O) groups excluding carboxylic acids is 1. The minimum Gasteiger partial charge on any atom is -0.497 e. The maximum atomic E-state index is 12.7.